The van der Waals surface area contributed by atoms with Gasteiger partial charge in [0.05, 0.1) is 0 Å². The van der Waals surface area contributed by atoms with Crippen LogP contribution in [0, 0.1) is 5.92 Å². The molecular weight excluding hydrogens is 288 g/mol. The molecule has 3 N–H and O–H groups in total. The Morgan fingerprint density at radius 2 is 1.86 bits per heavy atom. The summed E-state index contributed by atoms with van der Waals surface area (Å²) >= 11 is 0. The van der Waals surface area contributed by atoms with Crippen LogP contribution in [-0.4, -0.2) is 48.7 Å². The normalized spacial score (nSPS) is 17.7. The summed E-state index contributed by atoms with van der Waals surface area (Å²) in [6.07, 6.45) is 4.24. The van der Waals surface area contributed by atoms with Crippen LogP contribution in [0.3, 0.4) is 0 Å². The van der Waals surface area contributed by atoms with Gasteiger partial charge in [-0.3, -0.25) is 9.59 Å². The van der Waals surface area contributed by atoms with Gasteiger partial charge in [0.2, 0.25) is 11.8 Å². The lowest BCUT2D eigenvalue weighted by Gasteiger charge is -2.18. The molecule has 0 aromatic heterocycles. The molecular formula is C15H26N2O5. The SMILES string of the molecule is COCCC(NC(=O)CC(C)NC(=O)C1CCCC1)C(=O)O. The molecule has 22 heavy (non-hydrogen) atoms. The molecule has 0 spiro atoms. The van der Waals surface area contributed by atoms with E-state index in [1.807, 2.05) is 0 Å². The molecule has 1 fully saturated rings. The Morgan fingerprint density at radius 3 is 2.41 bits per heavy atom. The van der Waals surface area contributed by atoms with Gasteiger partial charge in [0, 0.05) is 38.5 Å². The van der Waals surface area contributed by atoms with Crippen molar-refractivity contribution in [2.45, 2.75) is 57.5 Å². The van der Waals surface area contributed by atoms with Crippen LogP contribution in [-0.2, 0) is 19.1 Å². The smallest absolute Gasteiger partial charge is 0.326 e. The van der Waals surface area contributed by atoms with Gasteiger partial charge in [-0.15, -0.1) is 0 Å². The molecule has 7 heteroatoms. The van der Waals surface area contributed by atoms with Crippen LogP contribution in [0.25, 0.3) is 0 Å². The minimum absolute atomic E-state index is 0.00744. The van der Waals surface area contributed by atoms with Gasteiger partial charge < -0.3 is 20.5 Å². The number of ether oxygens (including phenoxy) is 1. The Kier molecular flexibility index (Phi) is 7.87. The van der Waals surface area contributed by atoms with Crippen LogP contribution >= 0.6 is 0 Å². The highest BCUT2D eigenvalue weighted by atomic mass is 16.5. The molecule has 126 valence electrons. The molecule has 1 aliphatic rings. The summed E-state index contributed by atoms with van der Waals surface area (Å²) < 4.78 is 4.82. The molecule has 0 aliphatic heterocycles. The Labute approximate surface area is 130 Å². The van der Waals surface area contributed by atoms with E-state index in [1.54, 1.807) is 6.92 Å². The number of aliphatic carboxylic acids is 1. The summed E-state index contributed by atoms with van der Waals surface area (Å²) in [5.41, 5.74) is 0. The van der Waals surface area contributed by atoms with Crippen molar-refractivity contribution >= 4 is 17.8 Å². The summed E-state index contributed by atoms with van der Waals surface area (Å²) in [4.78, 5) is 34.9. The highest BCUT2D eigenvalue weighted by molar-refractivity contribution is 5.84. The maximum atomic E-state index is 12.0. The largest absolute Gasteiger partial charge is 0.480 e. The highest BCUT2D eigenvalue weighted by Crippen LogP contribution is 2.24. The molecule has 2 unspecified atom stereocenters. The van der Waals surface area contributed by atoms with Gasteiger partial charge in [0.1, 0.15) is 6.04 Å². The second-order valence-corrected chi connectivity index (χ2v) is 5.83. The minimum atomic E-state index is -1.09. The topological polar surface area (TPSA) is 105 Å². The number of hydrogen-bond acceptors (Lipinski definition) is 4. The van der Waals surface area contributed by atoms with Gasteiger partial charge in [-0.05, 0) is 19.8 Å². The van der Waals surface area contributed by atoms with Gasteiger partial charge >= 0.3 is 5.97 Å². The number of amides is 2. The van der Waals surface area contributed by atoms with E-state index in [1.165, 1.54) is 7.11 Å². The molecule has 0 radical (unpaired) electrons. The average Bonchev–Trinajstić information content (AvgIpc) is 2.96. The predicted molar refractivity (Wildman–Crippen MR) is 80.2 cm³/mol. The lowest BCUT2D eigenvalue weighted by Crippen LogP contribution is -2.45. The number of carboxylic acid groups (broad SMARTS) is 1. The van der Waals surface area contributed by atoms with Crippen molar-refractivity contribution in [2.24, 2.45) is 5.92 Å². The number of carboxylic acids is 1. The number of carbonyl (C=O) groups excluding carboxylic acids is 2. The van der Waals surface area contributed by atoms with Crippen molar-refractivity contribution in [3.05, 3.63) is 0 Å². The fourth-order valence-electron chi connectivity index (χ4n) is 2.62. The predicted octanol–water partition coefficient (Wildman–Crippen LogP) is 0.677. The fraction of sp³-hybridized carbons (Fsp3) is 0.800. The van der Waals surface area contributed by atoms with Gasteiger partial charge in [-0.2, -0.15) is 0 Å². The second-order valence-electron chi connectivity index (χ2n) is 5.83. The third-order valence-corrected chi connectivity index (χ3v) is 3.85. The third kappa shape index (κ3) is 6.43. The molecule has 7 nitrogen and oxygen atoms in total. The molecule has 0 bridgehead atoms. The van der Waals surface area contributed by atoms with E-state index in [4.69, 9.17) is 9.84 Å². The maximum absolute atomic E-state index is 12.0. The minimum Gasteiger partial charge on any atom is -0.480 e. The summed E-state index contributed by atoms with van der Waals surface area (Å²) in [5, 5.41) is 14.3. The monoisotopic (exact) mass is 314 g/mol. The lowest BCUT2D eigenvalue weighted by atomic mass is 10.1. The van der Waals surface area contributed by atoms with Gasteiger partial charge in [-0.1, -0.05) is 12.8 Å². The Hall–Kier alpha value is -1.63. The zero-order valence-corrected chi connectivity index (χ0v) is 13.3. The molecule has 0 saturated heterocycles. The van der Waals surface area contributed by atoms with E-state index in [0.29, 0.717) is 0 Å². The number of hydrogen-bond donors (Lipinski definition) is 3. The summed E-state index contributed by atoms with van der Waals surface area (Å²) in [7, 11) is 1.47. The van der Waals surface area contributed by atoms with Crippen molar-refractivity contribution in [1.29, 1.82) is 0 Å². The number of rotatable bonds is 9. The van der Waals surface area contributed by atoms with E-state index < -0.39 is 12.0 Å². The van der Waals surface area contributed by atoms with E-state index in [2.05, 4.69) is 10.6 Å². The second kappa shape index (κ2) is 9.40. The molecule has 2 atom stereocenters. The molecule has 0 aromatic carbocycles. The number of methoxy groups -OCH3 is 1. The number of nitrogens with one attached hydrogen (secondary N) is 2. The molecule has 2 amide bonds. The molecule has 0 aromatic rings. The zero-order valence-electron chi connectivity index (χ0n) is 13.3. The molecule has 1 aliphatic carbocycles. The lowest BCUT2D eigenvalue weighted by molar-refractivity contribution is -0.142. The van der Waals surface area contributed by atoms with Gasteiger partial charge in [0.15, 0.2) is 0 Å². The quantitative estimate of drug-likeness (QED) is 0.580. The van der Waals surface area contributed by atoms with E-state index in [-0.39, 0.29) is 43.2 Å². The highest BCUT2D eigenvalue weighted by Gasteiger charge is 2.25. The standard InChI is InChI=1S/C15H26N2O5/c1-10(16-14(19)11-5-3-4-6-11)9-13(18)17-12(15(20)21)7-8-22-2/h10-12H,3-9H2,1-2H3,(H,16,19)(H,17,18)(H,20,21). The van der Waals surface area contributed by atoms with E-state index >= 15 is 0 Å². The van der Waals surface area contributed by atoms with Crippen molar-refractivity contribution in [3.63, 3.8) is 0 Å². The summed E-state index contributed by atoms with van der Waals surface area (Å²) in [6.45, 7) is 2.00. The molecule has 1 rings (SSSR count). The van der Waals surface area contributed by atoms with Crippen molar-refractivity contribution in [2.75, 3.05) is 13.7 Å². The Balaban J connectivity index is 2.35. The van der Waals surface area contributed by atoms with Crippen molar-refractivity contribution < 1.29 is 24.2 Å². The average molecular weight is 314 g/mol. The van der Waals surface area contributed by atoms with Crippen LogP contribution in [0.15, 0.2) is 0 Å². The summed E-state index contributed by atoms with van der Waals surface area (Å²) in [5.74, 6) is -1.43. The molecule has 0 heterocycles. The number of carbonyl (C=O) groups is 3. The van der Waals surface area contributed by atoms with Crippen LogP contribution < -0.4 is 10.6 Å². The van der Waals surface area contributed by atoms with Crippen molar-refractivity contribution in [1.82, 2.24) is 10.6 Å². The molecule has 1 saturated carbocycles. The Bertz CT molecular complexity index is 393. The maximum Gasteiger partial charge on any atom is 0.326 e. The van der Waals surface area contributed by atoms with Gasteiger partial charge in [0.25, 0.3) is 0 Å². The first-order valence-corrected chi connectivity index (χ1v) is 7.75. The van der Waals surface area contributed by atoms with Crippen molar-refractivity contribution in [3.8, 4) is 0 Å². The first-order chi connectivity index (χ1) is 10.4. The van der Waals surface area contributed by atoms with E-state index in [9.17, 15) is 14.4 Å². The van der Waals surface area contributed by atoms with Gasteiger partial charge in [-0.25, -0.2) is 4.79 Å². The summed E-state index contributed by atoms with van der Waals surface area (Å²) in [6, 6.07) is -1.28. The van der Waals surface area contributed by atoms with Crippen LogP contribution in [0.5, 0.6) is 0 Å². The van der Waals surface area contributed by atoms with Crippen LogP contribution in [0.2, 0.25) is 0 Å². The van der Waals surface area contributed by atoms with Crippen LogP contribution in [0.1, 0.15) is 45.4 Å². The first-order valence-electron chi connectivity index (χ1n) is 7.75. The fourth-order valence-corrected chi connectivity index (χ4v) is 2.62. The zero-order chi connectivity index (χ0) is 16.5. The third-order valence-electron chi connectivity index (χ3n) is 3.85. The Morgan fingerprint density at radius 1 is 1.23 bits per heavy atom. The van der Waals surface area contributed by atoms with Crippen LogP contribution in [0.4, 0.5) is 0 Å². The van der Waals surface area contributed by atoms with E-state index in [0.717, 1.165) is 25.7 Å². The first kappa shape index (κ1) is 18.4.